The van der Waals surface area contributed by atoms with Crippen molar-refractivity contribution < 1.29 is 19.5 Å². The summed E-state index contributed by atoms with van der Waals surface area (Å²) in [7, 11) is 0. The number of carboxylic acids is 1. The molecule has 18 heavy (non-hydrogen) atoms. The quantitative estimate of drug-likeness (QED) is 0.702. The molecular formula is C12H20N2O4. The maximum Gasteiger partial charge on any atom is 0.321 e. The van der Waals surface area contributed by atoms with E-state index in [9.17, 15) is 14.4 Å². The lowest BCUT2D eigenvalue weighted by Gasteiger charge is -2.07. The lowest BCUT2D eigenvalue weighted by atomic mass is 10.0. The van der Waals surface area contributed by atoms with E-state index in [1.165, 1.54) is 0 Å². The Hall–Kier alpha value is -1.59. The fraction of sp³-hybridized carbons (Fsp3) is 0.750. The summed E-state index contributed by atoms with van der Waals surface area (Å²) in [5.74, 6) is -1.64. The number of aliphatic carboxylic acids is 1. The van der Waals surface area contributed by atoms with Crippen LogP contribution in [0.4, 0.5) is 4.79 Å². The van der Waals surface area contributed by atoms with Gasteiger partial charge in [0.2, 0.25) is 5.91 Å². The van der Waals surface area contributed by atoms with Gasteiger partial charge in [-0.2, -0.15) is 0 Å². The van der Waals surface area contributed by atoms with Crippen molar-refractivity contribution >= 4 is 17.9 Å². The highest BCUT2D eigenvalue weighted by molar-refractivity contribution is 5.95. The van der Waals surface area contributed by atoms with Crippen molar-refractivity contribution in [3.63, 3.8) is 0 Å². The monoisotopic (exact) mass is 256 g/mol. The molecule has 0 aromatic rings. The summed E-state index contributed by atoms with van der Waals surface area (Å²) < 4.78 is 0. The molecule has 6 nitrogen and oxygen atoms in total. The Morgan fingerprint density at radius 1 is 1.06 bits per heavy atom. The van der Waals surface area contributed by atoms with E-state index in [0.29, 0.717) is 0 Å². The molecule has 0 spiro atoms. The maximum absolute atomic E-state index is 11.5. The zero-order valence-corrected chi connectivity index (χ0v) is 11.2. The van der Waals surface area contributed by atoms with Crippen molar-refractivity contribution in [2.45, 2.75) is 46.6 Å². The van der Waals surface area contributed by atoms with Crippen LogP contribution in [0.3, 0.4) is 0 Å². The minimum Gasteiger partial charge on any atom is -0.481 e. The smallest absolute Gasteiger partial charge is 0.321 e. The molecule has 1 aliphatic carbocycles. The first-order valence-corrected chi connectivity index (χ1v) is 5.91. The van der Waals surface area contributed by atoms with Gasteiger partial charge in [0.05, 0.1) is 6.42 Å². The Kier molecular flexibility index (Phi) is 3.69. The number of carbonyl (C=O) groups excluding carboxylic acids is 2. The number of carboxylic acid groups (broad SMARTS) is 1. The number of nitrogens with one attached hydrogen (secondary N) is 2. The predicted octanol–water partition coefficient (Wildman–Crippen LogP) is 1.11. The SMILES string of the molecule is CC1(C)C(NC(=O)NC(=O)CCC(=O)O)C1(C)C. The second-order valence-electron chi connectivity index (χ2n) is 5.79. The summed E-state index contributed by atoms with van der Waals surface area (Å²) in [5, 5.41) is 13.3. The number of imide groups is 1. The van der Waals surface area contributed by atoms with Crippen molar-refractivity contribution in [2.75, 3.05) is 0 Å². The Labute approximate surface area is 106 Å². The van der Waals surface area contributed by atoms with E-state index < -0.39 is 17.9 Å². The molecule has 0 aromatic heterocycles. The molecule has 3 amide bonds. The second-order valence-corrected chi connectivity index (χ2v) is 5.79. The van der Waals surface area contributed by atoms with Gasteiger partial charge >= 0.3 is 12.0 Å². The standard InChI is InChI=1S/C12H20N2O4/c1-11(2)9(12(11,3)4)14-10(18)13-7(15)5-6-8(16)17/h9H,5-6H2,1-4H3,(H,16,17)(H2,13,14,15,18). The third-order valence-electron chi connectivity index (χ3n) is 4.12. The van der Waals surface area contributed by atoms with Crippen molar-refractivity contribution in [1.29, 1.82) is 0 Å². The van der Waals surface area contributed by atoms with Crippen molar-refractivity contribution in [3.8, 4) is 0 Å². The third kappa shape index (κ3) is 2.80. The maximum atomic E-state index is 11.5. The van der Waals surface area contributed by atoms with Crippen LogP contribution in [0.25, 0.3) is 0 Å². The second kappa shape index (κ2) is 4.59. The van der Waals surface area contributed by atoms with Crippen LogP contribution in [-0.2, 0) is 9.59 Å². The molecule has 0 bridgehead atoms. The topological polar surface area (TPSA) is 95.5 Å². The van der Waals surface area contributed by atoms with Crippen LogP contribution in [0.1, 0.15) is 40.5 Å². The number of carbonyl (C=O) groups is 3. The molecule has 0 radical (unpaired) electrons. The fourth-order valence-corrected chi connectivity index (χ4v) is 2.13. The van der Waals surface area contributed by atoms with E-state index in [2.05, 4.69) is 10.6 Å². The predicted molar refractivity (Wildman–Crippen MR) is 64.9 cm³/mol. The Bertz CT molecular complexity index is 374. The summed E-state index contributed by atoms with van der Waals surface area (Å²) in [5.41, 5.74) is -0.0110. The number of hydrogen-bond acceptors (Lipinski definition) is 3. The molecule has 0 aliphatic heterocycles. The van der Waals surface area contributed by atoms with Gasteiger partial charge in [0, 0.05) is 12.5 Å². The molecule has 1 rings (SSSR count). The van der Waals surface area contributed by atoms with E-state index in [4.69, 9.17) is 5.11 Å². The highest BCUT2D eigenvalue weighted by Gasteiger charge is 2.65. The number of amides is 3. The first kappa shape index (κ1) is 14.5. The lowest BCUT2D eigenvalue weighted by Crippen LogP contribution is -2.42. The molecule has 0 saturated heterocycles. The molecule has 0 heterocycles. The first-order chi connectivity index (χ1) is 8.09. The Balaban J connectivity index is 2.36. The van der Waals surface area contributed by atoms with E-state index in [0.717, 1.165) is 0 Å². The first-order valence-electron chi connectivity index (χ1n) is 5.91. The summed E-state index contributed by atoms with van der Waals surface area (Å²) in [6.45, 7) is 8.18. The average Bonchev–Trinajstić information content (AvgIpc) is 2.58. The van der Waals surface area contributed by atoms with Gasteiger partial charge in [0.1, 0.15) is 0 Å². The van der Waals surface area contributed by atoms with E-state index in [-0.39, 0.29) is 29.7 Å². The average molecular weight is 256 g/mol. The molecule has 0 atom stereocenters. The zero-order chi connectivity index (χ0) is 14.1. The third-order valence-corrected chi connectivity index (χ3v) is 4.12. The van der Waals surface area contributed by atoms with Crippen LogP contribution < -0.4 is 10.6 Å². The van der Waals surface area contributed by atoms with Gasteiger partial charge < -0.3 is 10.4 Å². The van der Waals surface area contributed by atoms with Crippen LogP contribution in [0.2, 0.25) is 0 Å². The molecule has 6 heteroatoms. The summed E-state index contributed by atoms with van der Waals surface area (Å²) in [6, 6.07) is -0.550. The van der Waals surface area contributed by atoms with Crippen LogP contribution in [-0.4, -0.2) is 29.1 Å². The highest BCUT2D eigenvalue weighted by Crippen LogP contribution is 2.62. The van der Waals surface area contributed by atoms with Gasteiger partial charge in [-0.05, 0) is 10.8 Å². The van der Waals surface area contributed by atoms with Crippen molar-refractivity contribution in [1.82, 2.24) is 10.6 Å². The van der Waals surface area contributed by atoms with Crippen LogP contribution in [0, 0.1) is 10.8 Å². The van der Waals surface area contributed by atoms with Crippen LogP contribution in [0.5, 0.6) is 0 Å². The summed E-state index contributed by atoms with van der Waals surface area (Å²) in [4.78, 5) is 33.0. The number of rotatable bonds is 4. The van der Waals surface area contributed by atoms with Crippen LogP contribution in [0.15, 0.2) is 0 Å². The molecule has 0 unspecified atom stereocenters. The van der Waals surface area contributed by atoms with E-state index in [1.54, 1.807) is 0 Å². The minimum atomic E-state index is -1.06. The minimum absolute atomic E-state index is 0.00550. The van der Waals surface area contributed by atoms with Gasteiger partial charge in [0.25, 0.3) is 0 Å². The Morgan fingerprint density at radius 3 is 1.94 bits per heavy atom. The normalized spacial score (nSPS) is 20.0. The van der Waals surface area contributed by atoms with Gasteiger partial charge in [-0.25, -0.2) is 4.79 Å². The zero-order valence-electron chi connectivity index (χ0n) is 11.2. The van der Waals surface area contributed by atoms with Crippen LogP contribution >= 0.6 is 0 Å². The summed E-state index contributed by atoms with van der Waals surface area (Å²) >= 11 is 0. The van der Waals surface area contributed by atoms with Gasteiger partial charge in [-0.3, -0.25) is 14.9 Å². The van der Waals surface area contributed by atoms with Crippen molar-refractivity contribution in [3.05, 3.63) is 0 Å². The van der Waals surface area contributed by atoms with E-state index in [1.807, 2.05) is 27.7 Å². The lowest BCUT2D eigenvalue weighted by molar-refractivity contribution is -0.138. The molecular weight excluding hydrogens is 236 g/mol. The van der Waals surface area contributed by atoms with Gasteiger partial charge in [0.15, 0.2) is 0 Å². The van der Waals surface area contributed by atoms with Crippen molar-refractivity contribution in [2.24, 2.45) is 10.8 Å². The summed E-state index contributed by atoms with van der Waals surface area (Å²) in [6.07, 6.45) is -0.472. The highest BCUT2D eigenvalue weighted by atomic mass is 16.4. The van der Waals surface area contributed by atoms with Gasteiger partial charge in [-0.15, -0.1) is 0 Å². The molecule has 0 aromatic carbocycles. The van der Waals surface area contributed by atoms with Gasteiger partial charge in [-0.1, -0.05) is 27.7 Å². The molecule has 1 saturated carbocycles. The number of urea groups is 1. The fourth-order valence-electron chi connectivity index (χ4n) is 2.13. The Morgan fingerprint density at radius 2 is 1.56 bits per heavy atom. The molecule has 1 fully saturated rings. The largest absolute Gasteiger partial charge is 0.481 e. The molecule has 3 N–H and O–H groups in total. The molecule has 102 valence electrons. The molecule has 1 aliphatic rings. The number of hydrogen-bond donors (Lipinski definition) is 3. The van der Waals surface area contributed by atoms with E-state index >= 15 is 0 Å².